The molecule has 4 rings (SSSR count). The van der Waals surface area contributed by atoms with Gasteiger partial charge in [0.15, 0.2) is 17.3 Å². The lowest BCUT2D eigenvalue weighted by Gasteiger charge is -2.29. The maximum absolute atomic E-state index is 12.4. The van der Waals surface area contributed by atoms with Gasteiger partial charge in [0, 0.05) is 19.5 Å². The van der Waals surface area contributed by atoms with Crippen LogP contribution in [0.1, 0.15) is 33.1 Å². The fraction of sp³-hybridized carbons (Fsp3) is 0.684. The summed E-state index contributed by atoms with van der Waals surface area (Å²) in [5.74, 6) is -1.66. The van der Waals surface area contributed by atoms with Crippen LogP contribution in [0.4, 0.5) is 5.82 Å². The summed E-state index contributed by atoms with van der Waals surface area (Å²) in [6, 6.07) is 0. The molecule has 14 heteroatoms. The molecule has 3 N–H and O–H groups in total. The first-order valence-electron chi connectivity index (χ1n) is 10.5. The predicted molar refractivity (Wildman–Crippen MR) is 115 cm³/mol. The molecular weight excluding hydrogens is 456 g/mol. The van der Waals surface area contributed by atoms with Crippen molar-refractivity contribution in [1.29, 1.82) is 0 Å². The van der Waals surface area contributed by atoms with Crippen LogP contribution in [0.3, 0.4) is 0 Å². The van der Waals surface area contributed by atoms with Gasteiger partial charge in [0.25, 0.3) is 0 Å². The number of nitrogen functional groups attached to an aromatic ring is 1. The lowest BCUT2D eigenvalue weighted by molar-refractivity contribution is -0.205. The molecule has 33 heavy (non-hydrogen) atoms. The fourth-order valence-corrected chi connectivity index (χ4v) is 5.27. The zero-order valence-electron chi connectivity index (χ0n) is 18.7. The van der Waals surface area contributed by atoms with Gasteiger partial charge in [-0.3, -0.25) is 9.36 Å². The Bertz CT molecular complexity index is 1150. The molecular formula is C19H28N6O7S. The van der Waals surface area contributed by atoms with Crippen LogP contribution >= 0.6 is 0 Å². The van der Waals surface area contributed by atoms with Crippen molar-refractivity contribution in [2.75, 3.05) is 31.7 Å². The smallest absolute Gasteiger partial charge is 0.303 e. The first kappa shape index (κ1) is 23.8. The number of nitrogens with zero attached hydrogens (tertiary/aromatic N) is 5. The maximum atomic E-state index is 12.4. The zero-order chi connectivity index (χ0) is 24.0. The highest BCUT2D eigenvalue weighted by molar-refractivity contribution is 7.88. The Balaban J connectivity index is 1.61. The molecule has 182 valence electrons. The number of rotatable bonds is 9. The number of carboxylic acid groups (broad SMARTS) is 1. The van der Waals surface area contributed by atoms with E-state index in [1.54, 1.807) is 24.7 Å². The molecule has 2 aliphatic rings. The lowest BCUT2D eigenvalue weighted by atomic mass is 10.1. The average molecular weight is 485 g/mol. The van der Waals surface area contributed by atoms with E-state index in [-0.39, 0.29) is 31.9 Å². The number of ether oxygens (including phenoxy) is 3. The predicted octanol–water partition coefficient (Wildman–Crippen LogP) is 0.128. The van der Waals surface area contributed by atoms with Gasteiger partial charge in [-0.1, -0.05) is 0 Å². The van der Waals surface area contributed by atoms with Crippen molar-refractivity contribution in [2.45, 2.75) is 56.8 Å². The third-order valence-electron chi connectivity index (χ3n) is 5.79. The van der Waals surface area contributed by atoms with Crippen molar-refractivity contribution in [2.24, 2.45) is 0 Å². The number of aliphatic carboxylic acids is 1. The molecule has 2 saturated heterocycles. The molecule has 3 atom stereocenters. The summed E-state index contributed by atoms with van der Waals surface area (Å²) in [6.07, 6.45) is 3.44. The summed E-state index contributed by atoms with van der Waals surface area (Å²) >= 11 is 0. The molecule has 0 saturated carbocycles. The molecule has 2 fully saturated rings. The number of unbranched alkanes of at least 4 members (excludes halogenated alkanes) is 1. The van der Waals surface area contributed by atoms with E-state index in [1.807, 2.05) is 0 Å². The van der Waals surface area contributed by atoms with Gasteiger partial charge in [-0.25, -0.2) is 23.4 Å². The fourth-order valence-electron chi connectivity index (χ4n) is 4.39. The Hall–Kier alpha value is -2.39. The quantitative estimate of drug-likeness (QED) is 0.463. The normalized spacial score (nSPS) is 26.8. The van der Waals surface area contributed by atoms with Crippen molar-refractivity contribution in [1.82, 2.24) is 23.8 Å². The number of imidazole rings is 1. The van der Waals surface area contributed by atoms with Crippen molar-refractivity contribution in [3.8, 4) is 0 Å². The molecule has 3 unspecified atom stereocenters. The van der Waals surface area contributed by atoms with Gasteiger partial charge < -0.3 is 25.1 Å². The van der Waals surface area contributed by atoms with Crippen molar-refractivity contribution in [3.05, 3.63) is 12.7 Å². The van der Waals surface area contributed by atoms with Crippen LogP contribution in [0.25, 0.3) is 11.2 Å². The van der Waals surface area contributed by atoms with Gasteiger partial charge in [-0.2, -0.15) is 4.31 Å². The topological polar surface area (TPSA) is 172 Å². The summed E-state index contributed by atoms with van der Waals surface area (Å²) in [5, 5.41) is 8.82. The summed E-state index contributed by atoms with van der Waals surface area (Å²) in [6.45, 7) is 3.83. The van der Waals surface area contributed by atoms with E-state index in [1.165, 1.54) is 10.6 Å². The molecule has 0 amide bonds. The van der Waals surface area contributed by atoms with E-state index in [2.05, 4.69) is 15.0 Å². The number of hydrogen-bond acceptors (Lipinski definition) is 10. The van der Waals surface area contributed by atoms with Gasteiger partial charge in [-0.05, 0) is 26.7 Å². The number of aromatic nitrogens is 4. The minimum atomic E-state index is -3.57. The second-order valence-electron chi connectivity index (χ2n) is 8.75. The first-order chi connectivity index (χ1) is 15.4. The summed E-state index contributed by atoms with van der Waals surface area (Å²) in [4.78, 5) is 23.4. The number of hydrogen-bond donors (Lipinski definition) is 2. The Kier molecular flexibility index (Phi) is 6.07. The summed E-state index contributed by atoms with van der Waals surface area (Å²) in [5.41, 5.74) is 5.67. The zero-order valence-corrected chi connectivity index (χ0v) is 19.5. The minimum Gasteiger partial charge on any atom is -0.481 e. The second-order valence-corrected chi connectivity index (χ2v) is 10.7. The number of carbonyl (C=O) groups is 1. The number of sulfonamides is 1. The van der Waals surface area contributed by atoms with Gasteiger partial charge >= 0.3 is 5.97 Å². The third-order valence-corrected chi connectivity index (χ3v) is 7.06. The molecule has 0 spiro atoms. The molecule has 2 aliphatic heterocycles. The van der Waals surface area contributed by atoms with Gasteiger partial charge in [-0.15, -0.1) is 0 Å². The molecule has 0 radical (unpaired) electrons. The van der Waals surface area contributed by atoms with Crippen LogP contribution in [-0.2, 0) is 34.8 Å². The van der Waals surface area contributed by atoms with Crippen LogP contribution in [-0.4, -0.2) is 87.3 Å². The van der Waals surface area contributed by atoms with E-state index in [0.717, 1.165) is 6.26 Å². The Morgan fingerprint density at radius 1 is 1.33 bits per heavy atom. The summed E-state index contributed by atoms with van der Waals surface area (Å²) in [7, 11) is -3.57. The Morgan fingerprint density at radius 2 is 2.09 bits per heavy atom. The number of fused-ring (bicyclic) bond motifs is 2. The SMILES string of the molecule is CC1(C)OC2C(CN(CCCCC(=O)O)S(C)(=O)=O)OCC2(n2cnc3c(N)ncnc32)O1. The molecule has 2 aromatic heterocycles. The molecule has 4 heterocycles. The van der Waals surface area contributed by atoms with Crippen LogP contribution in [0, 0.1) is 0 Å². The number of carboxylic acids is 1. The highest BCUT2D eigenvalue weighted by atomic mass is 32.2. The summed E-state index contributed by atoms with van der Waals surface area (Å²) < 4.78 is 46.4. The molecule has 13 nitrogen and oxygen atoms in total. The number of nitrogens with two attached hydrogens (primary N) is 1. The molecule has 0 aliphatic carbocycles. The van der Waals surface area contributed by atoms with Gasteiger partial charge in [0.2, 0.25) is 15.7 Å². The van der Waals surface area contributed by atoms with E-state index in [9.17, 15) is 13.2 Å². The highest BCUT2D eigenvalue weighted by Gasteiger charge is 2.63. The van der Waals surface area contributed by atoms with E-state index in [0.29, 0.717) is 24.0 Å². The van der Waals surface area contributed by atoms with Crippen molar-refractivity contribution < 1.29 is 32.5 Å². The van der Waals surface area contributed by atoms with Gasteiger partial charge in [0.05, 0.1) is 19.2 Å². The highest BCUT2D eigenvalue weighted by Crippen LogP contribution is 2.47. The van der Waals surface area contributed by atoms with Crippen LogP contribution in [0.2, 0.25) is 0 Å². The number of anilines is 1. The van der Waals surface area contributed by atoms with Crippen LogP contribution in [0.15, 0.2) is 12.7 Å². The Labute approximate surface area is 190 Å². The van der Waals surface area contributed by atoms with Crippen molar-refractivity contribution >= 4 is 33.0 Å². The molecule has 0 aromatic carbocycles. The van der Waals surface area contributed by atoms with E-state index < -0.39 is 39.7 Å². The third kappa shape index (κ3) is 4.53. The molecule has 2 aromatic rings. The first-order valence-corrected chi connectivity index (χ1v) is 12.4. The van der Waals surface area contributed by atoms with Gasteiger partial charge in [0.1, 0.15) is 24.1 Å². The van der Waals surface area contributed by atoms with Crippen molar-refractivity contribution in [3.63, 3.8) is 0 Å². The monoisotopic (exact) mass is 484 g/mol. The Morgan fingerprint density at radius 3 is 2.79 bits per heavy atom. The second kappa shape index (κ2) is 8.43. The molecule has 0 bridgehead atoms. The standard InChI is InChI=1S/C19H28N6O7S/c1-18(2)31-15-12(8-24(33(3,28)29)7-5-4-6-13(26)27)30-9-19(15,32-18)25-11-23-14-16(20)21-10-22-17(14)25/h10-12,15H,4-9H2,1-3H3,(H,26,27)(H2,20,21,22). The van der Waals surface area contributed by atoms with E-state index >= 15 is 0 Å². The average Bonchev–Trinajstić information content (AvgIpc) is 3.34. The lowest BCUT2D eigenvalue weighted by Crippen LogP contribution is -2.47. The van der Waals surface area contributed by atoms with E-state index in [4.69, 9.17) is 25.1 Å². The van der Waals surface area contributed by atoms with Crippen LogP contribution < -0.4 is 5.73 Å². The largest absolute Gasteiger partial charge is 0.481 e. The maximum Gasteiger partial charge on any atom is 0.303 e. The van der Waals surface area contributed by atoms with Crippen LogP contribution in [0.5, 0.6) is 0 Å². The minimum absolute atomic E-state index is 0.0207.